The maximum Gasteiger partial charge on any atom is 0.299 e. The number of hydrogen-bond acceptors (Lipinski definition) is 6. The largest absolute Gasteiger partial charge is 0.497 e. The Balaban J connectivity index is 1.58. The van der Waals surface area contributed by atoms with E-state index in [9.17, 15) is 14.1 Å². The molecule has 1 aromatic carbocycles. The Kier molecular flexibility index (Phi) is 4.51. The minimum Gasteiger partial charge on any atom is -0.497 e. The number of aromatic nitrogens is 4. The number of ether oxygens (including phenoxy) is 1. The van der Waals surface area contributed by atoms with Gasteiger partial charge in [0.1, 0.15) is 17.1 Å². The van der Waals surface area contributed by atoms with Gasteiger partial charge in [0.05, 0.1) is 30.0 Å². The summed E-state index contributed by atoms with van der Waals surface area (Å²) in [6, 6.07) is 9.80. The fraction of sp³-hybridized carbons (Fsp3) is 0.105. The molecule has 4 rings (SSSR count). The normalized spacial score (nSPS) is 10.9. The van der Waals surface area contributed by atoms with E-state index in [-0.39, 0.29) is 16.5 Å². The first kappa shape index (κ1) is 18.3. The molecule has 29 heavy (non-hydrogen) atoms. The van der Waals surface area contributed by atoms with Gasteiger partial charge in [0, 0.05) is 19.3 Å². The Bertz CT molecular complexity index is 1240. The van der Waals surface area contributed by atoms with Crippen molar-refractivity contribution in [1.29, 1.82) is 0 Å². The van der Waals surface area contributed by atoms with E-state index >= 15 is 0 Å². The fourth-order valence-electron chi connectivity index (χ4n) is 2.78. The molecule has 0 fully saturated rings. The lowest BCUT2D eigenvalue weighted by molar-refractivity contribution is 0.0337. The van der Waals surface area contributed by atoms with Gasteiger partial charge in [-0.05, 0) is 30.3 Å². The molecular weight excluding hydrogens is 379 g/mol. The summed E-state index contributed by atoms with van der Waals surface area (Å²) in [5, 5.41) is 2.57. The van der Waals surface area contributed by atoms with E-state index in [1.807, 2.05) is 12.1 Å². The van der Waals surface area contributed by atoms with Crippen molar-refractivity contribution in [3.05, 3.63) is 60.2 Å². The maximum atomic E-state index is 12.9. The number of amides is 2. The summed E-state index contributed by atoms with van der Waals surface area (Å²) in [4.78, 5) is 36.6. The van der Waals surface area contributed by atoms with Crippen molar-refractivity contribution in [2.75, 3.05) is 19.5 Å². The van der Waals surface area contributed by atoms with E-state index in [2.05, 4.69) is 20.3 Å². The summed E-state index contributed by atoms with van der Waals surface area (Å²) in [5.41, 5.74) is 1.95. The van der Waals surface area contributed by atoms with Crippen LogP contribution in [0.1, 0.15) is 21.0 Å². The van der Waals surface area contributed by atoms with Gasteiger partial charge in [-0.25, -0.2) is 15.0 Å². The van der Waals surface area contributed by atoms with Gasteiger partial charge in [-0.1, -0.05) is 4.48 Å². The molecule has 10 heteroatoms. The highest BCUT2D eigenvalue weighted by Crippen LogP contribution is 2.21. The minimum atomic E-state index is -0.877. The Morgan fingerprint density at radius 3 is 2.66 bits per heavy atom. The van der Waals surface area contributed by atoms with Crippen molar-refractivity contribution in [3.63, 3.8) is 0 Å². The number of fused-ring (bicyclic) bond motifs is 3. The average molecular weight is 394 g/mol. The van der Waals surface area contributed by atoms with Crippen molar-refractivity contribution in [3.8, 4) is 5.75 Å². The highest BCUT2D eigenvalue weighted by molar-refractivity contribution is 6.03. The van der Waals surface area contributed by atoms with E-state index in [1.165, 1.54) is 18.3 Å². The first-order valence-electron chi connectivity index (χ1n) is 8.50. The van der Waals surface area contributed by atoms with Crippen molar-refractivity contribution in [2.45, 2.75) is 0 Å². The molecule has 0 unspecified atom stereocenters. The zero-order chi connectivity index (χ0) is 20.5. The van der Waals surface area contributed by atoms with Gasteiger partial charge in [-0.3, -0.25) is 14.0 Å². The third kappa shape index (κ3) is 3.43. The van der Waals surface area contributed by atoms with Crippen molar-refractivity contribution < 1.29 is 18.8 Å². The SMILES string of the molecule is COc1ccc2c(c1)nc1nc(C(=O)Nc3ccc(C(=O)N(C)F)nc3)ccn12. The summed E-state index contributed by atoms with van der Waals surface area (Å²) in [7, 11) is 2.56. The number of carbonyl (C=O) groups excluding carboxylic acids is 2. The number of anilines is 1. The number of nitrogens with zero attached hydrogens (tertiary/aromatic N) is 5. The van der Waals surface area contributed by atoms with E-state index in [0.717, 1.165) is 12.6 Å². The molecule has 0 bridgehead atoms. The van der Waals surface area contributed by atoms with E-state index < -0.39 is 11.8 Å². The van der Waals surface area contributed by atoms with Crippen LogP contribution in [0.4, 0.5) is 10.2 Å². The van der Waals surface area contributed by atoms with Crippen molar-refractivity contribution in [2.24, 2.45) is 0 Å². The number of nitrogens with one attached hydrogen (secondary N) is 1. The first-order chi connectivity index (χ1) is 14.0. The van der Waals surface area contributed by atoms with Crippen LogP contribution in [0.5, 0.6) is 5.75 Å². The molecule has 3 aromatic heterocycles. The van der Waals surface area contributed by atoms with Gasteiger partial charge in [-0.15, -0.1) is 0 Å². The molecule has 146 valence electrons. The lowest BCUT2D eigenvalue weighted by Gasteiger charge is -2.07. The van der Waals surface area contributed by atoms with Crippen LogP contribution in [-0.2, 0) is 0 Å². The number of carbonyl (C=O) groups is 2. The third-order valence-electron chi connectivity index (χ3n) is 4.23. The van der Waals surface area contributed by atoms with Crippen LogP contribution in [0.25, 0.3) is 16.8 Å². The molecule has 9 nitrogen and oxygen atoms in total. The molecule has 1 N–H and O–H groups in total. The molecule has 0 spiro atoms. The Morgan fingerprint density at radius 1 is 1.14 bits per heavy atom. The minimum absolute atomic E-state index is 0.0657. The molecule has 0 aliphatic rings. The topological polar surface area (TPSA) is 102 Å². The van der Waals surface area contributed by atoms with Gasteiger partial charge in [0.2, 0.25) is 5.78 Å². The van der Waals surface area contributed by atoms with E-state index in [4.69, 9.17) is 4.74 Å². The molecule has 0 atom stereocenters. The predicted molar refractivity (Wildman–Crippen MR) is 102 cm³/mol. The number of pyridine rings is 1. The zero-order valence-corrected chi connectivity index (χ0v) is 15.5. The summed E-state index contributed by atoms with van der Waals surface area (Å²) < 4.78 is 19.9. The average Bonchev–Trinajstić information content (AvgIpc) is 3.10. The van der Waals surface area contributed by atoms with Crippen LogP contribution in [0.2, 0.25) is 0 Å². The lowest BCUT2D eigenvalue weighted by atomic mass is 10.3. The van der Waals surface area contributed by atoms with Crippen LogP contribution < -0.4 is 10.1 Å². The number of rotatable bonds is 4. The predicted octanol–water partition coefficient (Wildman–Crippen LogP) is 2.49. The second kappa shape index (κ2) is 7.15. The third-order valence-corrected chi connectivity index (χ3v) is 4.23. The highest BCUT2D eigenvalue weighted by atomic mass is 19.2. The van der Waals surface area contributed by atoms with E-state index in [1.54, 1.807) is 29.8 Å². The molecule has 2 amide bonds. The second-order valence-electron chi connectivity index (χ2n) is 6.12. The highest BCUT2D eigenvalue weighted by Gasteiger charge is 2.15. The van der Waals surface area contributed by atoms with Crippen LogP contribution >= 0.6 is 0 Å². The molecule has 0 saturated carbocycles. The zero-order valence-electron chi connectivity index (χ0n) is 15.5. The van der Waals surface area contributed by atoms with Crippen LogP contribution in [0.15, 0.2) is 48.8 Å². The van der Waals surface area contributed by atoms with E-state index in [0.29, 0.717) is 22.7 Å². The van der Waals surface area contributed by atoms with Crippen molar-refractivity contribution >= 4 is 34.3 Å². The summed E-state index contributed by atoms with van der Waals surface area (Å²) in [5.74, 6) is -0.308. The number of hydrogen-bond donors (Lipinski definition) is 1. The number of benzene rings is 1. The Labute approximate surface area is 163 Å². The molecule has 0 aliphatic carbocycles. The standard InChI is InChI=1S/C19H15FN6O3/c1-25(20)18(28)14-5-3-11(10-21-14)22-17(27)13-7-8-26-16-6-4-12(29-2)9-15(16)24-19(26)23-13/h3-10H,1-2H3,(H,22,27). The molecule has 3 heterocycles. The van der Waals surface area contributed by atoms with Gasteiger partial charge in [0.15, 0.2) is 0 Å². The quantitative estimate of drug-likeness (QED) is 0.534. The summed E-state index contributed by atoms with van der Waals surface area (Å²) in [6.45, 7) is 0. The summed E-state index contributed by atoms with van der Waals surface area (Å²) >= 11 is 0. The smallest absolute Gasteiger partial charge is 0.299 e. The molecule has 0 aliphatic heterocycles. The summed E-state index contributed by atoms with van der Waals surface area (Å²) in [6.07, 6.45) is 2.97. The Hall–Kier alpha value is -4.08. The van der Waals surface area contributed by atoms with Crippen LogP contribution in [-0.4, -0.2) is 50.4 Å². The Morgan fingerprint density at radius 2 is 1.97 bits per heavy atom. The number of halogens is 1. The first-order valence-corrected chi connectivity index (χ1v) is 8.50. The molecular formula is C19H15FN6O3. The molecule has 0 radical (unpaired) electrons. The van der Waals surface area contributed by atoms with Crippen LogP contribution in [0.3, 0.4) is 0 Å². The maximum absolute atomic E-state index is 12.9. The van der Waals surface area contributed by atoms with Gasteiger partial charge < -0.3 is 10.1 Å². The monoisotopic (exact) mass is 394 g/mol. The lowest BCUT2D eigenvalue weighted by Crippen LogP contribution is -2.19. The van der Waals surface area contributed by atoms with Gasteiger partial charge in [0.25, 0.3) is 11.8 Å². The van der Waals surface area contributed by atoms with Crippen molar-refractivity contribution in [1.82, 2.24) is 24.5 Å². The number of imidazole rings is 1. The van der Waals surface area contributed by atoms with Crippen LogP contribution in [0, 0.1) is 0 Å². The van der Waals surface area contributed by atoms with Gasteiger partial charge in [-0.2, -0.15) is 5.12 Å². The molecule has 0 saturated heterocycles. The second-order valence-corrected chi connectivity index (χ2v) is 6.12. The fourth-order valence-corrected chi connectivity index (χ4v) is 2.78. The molecule has 4 aromatic rings. The number of methoxy groups -OCH3 is 1. The van der Waals surface area contributed by atoms with Gasteiger partial charge >= 0.3 is 0 Å².